The van der Waals surface area contributed by atoms with Gasteiger partial charge in [-0.1, -0.05) is 64.1 Å². The molecule has 0 bridgehead atoms. The SMILES string of the molecule is CC.CNCc1ccc(-c2scnc2C)cc1.CNc1cc(COc2c(-c3c(C)c(F)cc4[nH]ncc34)c(C3CC3)cc3c(N4CCNC5(CC5)C4)nc(OC4CCOCC4)nc23)ccc1-c1cn(C(C(=O)N2CCCC2C=O)C(C)C)nc1C=O.CO. The number of aliphatic hydroxyl groups excluding tert-OH is 1. The number of aryl methyl sites for hydroxylation is 1. The van der Waals surface area contributed by atoms with Crippen LogP contribution in [0.2, 0.25) is 0 Å². The van der Waals surface area contributed by atoms with E-state index in [1.54, 1.807) is 33.3 Å². The third-order valence-electron chi connectivity index (χ3n) is 17.3. The maximum absolute atomic E-state index is 16.1. The standard InChI is InChI=1S/C52H59FN10O6.C12H14N2S.C2H6.CH4O/c1-29(2)47(50(66)62-16-5-6-33(62)25-64)63-24-39(43(26-65)60-63)35-10-7-31(20-41(35)54-4)27-68-48-45(44-30(3)40(53)22-42-38(44)23-56-59-42)36(32-8-9-32)21-37-46(48)57-51(69-34-11-18-67-19-12-34)58-49(37)61-17-15-55-52(28-61)13-14-52;1-9-12(15-8-14-9)11-5-3-10(4-6-11)7-13-2;2*1-2/h7,10,20-26,29,32-34,47,54-55H,5-6,8-9,11-19,27-28H2,1-4H3,(H,56,59);3-6,8,13H,7H2,1-2H3;1-2H3;2H,1H3. The number of aromatic amines is 1. The second-order valence-corrected chi connectivity index (χ2v) is 24.3. The molecule has 2 atom stereocenters. The van der Waals surface area contributed by atoms with Crippen LogP contribution in [0.15, 0.2) is 72.5 Å². The molecule has 1 amide bonds. The van der Waals surface area contributed by atoms with Crippen molar-refractivity contribution in [2.75, 3.05) is 70.8 Å². The zero-order valence-electron chi connectivity index (χ0n) is 52.0. The maximum Gasteiger partial charge on any atom is 0.319 e. The predicted octanol–water partition coefficient (Wildman–Crippen LogP) is 11.2. The average Bonchev–Trinajstić information content (AvgIpc) is 1.29. The van der Waals surface area contributed by atoms with Gasteiger partial charge in [0.1, 0.15) is 47.9 Å². The molecule has 88 heavy (non-hydrogen) atoms. The number of carbonyl (C=O) groups excluding carboxylic acids is 3. The van der Waals surface area contributed by atoms with Gasteiger partial charge in [-0.15, -0.1) is 11.3 Å². The van der Waals surface area contributed by atoms with E-state index < -0.39 is 12.1 Å². The minimum absolute atomic E-state index is 0.0612. The molecule has 4 aromatic heterocycles. The summed E-state index contributed by atoms with van der Waals surface area (Å²) in [4.78, 5) is 58.5. The summed E-state index contributed by atoms with van der Waals surface area (Å²) in [6.45, 7) is 16.9. The van der Waals surface area contributed by atoms with Gasteiger partial charge in [0.15, 0.2) is 12.0 Å². The zero-order chi connectivity index (χ0) is 62.2. The van der Waals surface area contributed by atoms with Gasteiger partial charge in [-0.2, -0.15) is 20.2 Å². The lowest BCUT2D eigenvalue weighted by Gasteiger charge is -2.36. The highest BCUT2D eigenvalue weighted by atomic mass is 32.1. The molecule has 1 spiro atoms. The number of halogens is 1. The summed E-state index contributed by atoms with van der Waals surface area (Å²) in [5, 5.41) is 30.9. The summed E-state index contributed by atoms with van der Waals surface area (Å²) in [7, 11) is 4.77. The number of rotatable bonds is 18. The first kappa shape index (κ1) is 63.3. The Bertz CT molecular complexity index is 3740. The summed E-state index contributed by atoms with van der Waals surface area (Å²) < 4.78 is 37.2. The van der Waals surface area contributed by atoms with E-state index >= 15 is 4.39 Å². The first-order valence-electron chi connectivity index (χ1n) is 31.0. The first-order chi connectivity index (χ1) is 42.9. The van der Waals surface area contributed by atoms with E-state index in [1.807, 2.05) is 79.3 Å². The van der Waals surface area contributed by atoms with Gasteiger partial charge in [0, 0.05) is 110 Å². The number of H-pyrrole nitrogens is 1. The topological polar surface area (TPSA) is 227 Å². The Labute approximate surface area is 518 Å². The number of hydrogen-bond donors (Lipinski definition) is 5. The third kappa shape index (κ3) is 13.3. The van der Waals surface area contributed by atoms with Crippen molar-refractivity contribution < 1.29 is 38.1 Å². The van der Waals surface area contributed by atoms with Crippen molar-refractivity contribution in [1.82, 2.24) is 50.5 Å². The Balaban J connectivity index is 0.000000388. The molecule has 2 aliphatic carbocycles. The zero-order valence-corrected chi connectivity index (χ0v) is 52.9. The minimum atomic E-state index is -0.711. The Morgan fingerprint density at radius 1 is 0.943 bits per heavy atom. The number of aromatic nitrogens is 7. The summed E-state index contributed by atoms with van der Waals surface area (Å²) in [5.41, 5.74) is 12.8. The number of aliphatic hydroxyl groups is 1. The summed E-state index contributed by atoms with van der Waals surface area (Å²) >= 11 is 1.70. The number of hydrogen-bond acceptors (Lipinski definition) is 17. The molecule has 3 aliphatic heterocycles. The summed E-state index contributed by atoms with van der Waals surface area (Å²) in [6.07, 6.45) is 11.9. The highest BCUT2D eigenvalue weighted by Gasteiger charge is 2.46. The largest absolute Gasteiger partial charge is 0.486 e. The van der Waals surface area contributed by atoms with Crippen LogP contribution in [0.4, 0.5) is 15.9 Å². The molecule has 466 valence electrons. The van der Waals surface area contributed by atoms with Crippen molar-refractivity contribution in [2.24, 2.45) is 5.92 Å². The maximum atomic E-state index is 16.1. The van der Waals surface area contributed by atoms with Gasteiger partial charge in [-0.05, 0) is 117 Å². The van der Waals surface area contributed by atoms with Gasteiger partial charge in [0.25, 0.3) is 0 Å². The molecule has 5 fully saturated rings. The lowest BCUT2D eigenvalue weighted by molar-refractivity contribution is -0.139. The van der Waals surface area contributed by atoms with Gasteiger partial charge in [0.05, 0.1) is 47.1 Å². The highest BCUT2D eigenvalue weighted by Crippen LogP contribution is 2.54. The van der Waals surface area contributed by atoms with E-state index in [0.29, 0.717) is 77.2 Å². The quantitative estimate of drug-likeness (QED) is 0.0503. The fourth-order valence-corrected chi connectivity index (χ4v) is 13.2. The molecule has 7 heterocycles. The second-order valence-electron chi connectivity index (χ2n) is 23.4. The molecule has 8 aromatic rings. The number of likely N-dealkylation sites (tertiary alicyclic amines) is 1. The number of anilines is 2. The van der Waals surface area contributed by atoms with Crippen molar-refractivity contribution in [2.45, 2.75) is 136 Å². The smallest absolute Gasteiger partial charge is 0.319 e. The molecule has 21 heteroatoms. The molecule has 3 saturated heterocycles. The molecular weight excluding hydrogens is 1140 g/mol. The van der Waals surface area contributed by atoms with Gasteiger partial charge in [-0.25, -0.2) is 9.37 Å². The van der Waals surface area contributed by atoms with Crippen LogP contribution < -0.4 is 30.3 Å². The van der Waals surface area contributed by atoms with Crippen molar-refractivity contribution >= 4 is 63.1 Å². The van der Waals surface area contributed by atoms with Crippen molar-refractivity contribution in [3.05, 3.63) is 112 Å². The Hall–Kier alpha value is -7.69. The Kier molecular flexibility index (Phi) is 20.3. The summed E-state index contributed by atoms with van der Waals surface area (Å²) in [6, 6.07) is 17.3. The number of amides is 1. The fourth-order valence-electron chi connectivity index (χ4n) is 12.4. The number of nitrogens with one attached hydrogen (secondary N) is 4. The second kappa shape index (κ2) is 28.2. The van der Waals surface area contributed by atoms with E-state index in [4.69, 9.17) is 29.3 Å². The van der Waals surface area contributed by atoms with Crippen LogP contribution in [-0.4, -0.2) is 142 Å². The number of fused-ring (bicyclic) bond motifs is 2. The molecule has 13 rings (SSSR count). The average molecular weight is 1220 g/mol. The fraction of sp³-hybridized carbons (Fsp3) is 0.463. The van der Waals surface area contributed by atoms with E-state index in [0.717, 1.165) is 123 Å². The number of nitrogens with zero attached hydrogens (tertiary/aromatic N) is 8. The number of benzene rings is 4. The number of piperazine rings is 1. The van der Waals surface area contributed by atoms with Gasteiger partial charge in [0.2, 0.25) is 5.91 Å². The van der Waals surface area contributed by atoms with Crippen LogP contribution in [-0.2, 0) is 27.5 Å². The molecule has 0 radical (unpaired) electrons. The van der Waals surface area contributed by atoms with Crippen LogP contribution in [0.25, 0.3) is 54.5 Å². The van der Waals surface area contributed by atoms with E-state index in [2.05, 4.69) is 71.5 Å². The van der Waals surface area contributed by atoms with Crippen molar-refractivity contribution in [1.29, 1.82) is 0 Å². The molecular formula is C67H83FN12O7S. The number of ether oxygens (including phenoxy) is 3. The van der Waals surface area contributed by atoms with Crippen LogP contribution in [0.1, 0.15) is 129 Å². The molecule has 2 saturated carbocycles. The van der Waals surface area contributed by atoms with Crippen LogP contribution in [0.5, 0.6) is 11.8 Å². The third-order valence-corrected chi connectivity index (χ3v) is 18.2. The van der Waals surface area contributed by atoms with Crippen LogP contribution in [0.3, 0.4) is 0 Å². The number of aldehydes is 2. The first-order valence-corrected chi connectivity index (χ1v) is 31.8. The molecule has 5 N–H and O–H groups in total. The monoisotopic (exact) mass is 1220 g/mol. The van der Waals surface area contributed by atoms with E-state index in [-0.39, 0.29) is 53.5 Å². The lowest BCUT2D eigenvalue weighted by Crippen LogP contribution is -2.52. The van der Waals surface area contributed by atoms with Gasteiger partial charge in [-0.3, -0.25) is 19.4 Å². The van der Waals surface area contributed by atoms with Gasteiger partial charge < -0.3 is 49.9 Å². The lowest BCUT2D eigenvalue weighted by atomic mass is 9.88. The van der Waals surface area contributed by atoms with E-state index in [9.17, 15) is 14.4 Å². The molecule has 5 aliphatic rings. The van der Waals surface area contributed by atoms with Crippen LogP contribution >= 0.6 is 11.3 Å². The molecule has 2 unspecified atom stereocenters. The number of carbonyl (C=O) groups is 3. The van der Waals surface area contributed by atoms with Gasteiger partial charge >= 0.3 is 6.01 Å². The molecule has 19 nitrogen and oxygen atoms in total. The number of thiazole rings is 1. The Morgan fingerprint density at radius 2 is 1.70 bits per heavy atom. The Morgan fingerprint density at radius 3 is 2.38 bits per heavy atom. The van der Waals surface area contributed by atoms with Crippen LogP contribution in [0, 0.1) is 25.6 Å². The summed E-state index contributed by atoms with van der Waals surface area (Å²) in [5.74, 6) is 0.827. The molecule has 4 aromatic carbocycles. The highest BCUT2D eigenvalue weighted by molar-refractivity contribution is 7.13. The minimum Gasteiger partial charge on any atom is -0.486 e. The predicted molar refractivity (Wildman–Crippen MR) is 344 cm³/mol. The normalized spacial score (nSPS) is 17.4. The van der Waals surface area contributed by atoms with E-state index in [1.165, 1.54) is 22.1 Å². The van der Waals surface area contributed by atoms with Crippen molar-refractivity contribution in [3.63, 3.8) is 0 Å². The van der Waals surface area contributed by atoms with Crippen molar-refractivity contribution in [3.8, 4) is 44.5 Å².